The number of nitrogens with one attached hydrogen (secondary N) is 2. The van der Waals surface area contributed by atoms with Crippen molar-refractivity contribution in [1.29, 1.82) is 0 Å². The van der Waals surface area contributed by atoms with E-state index in [1.54, 1.807) is 0 Å². The second kappa shape index (κ2) is 10.8. The van der Waals surface area contributed by atoms with E-state index in [2.05, 4.69) is 22.8 Å². The molecule has 0 bridgehead atoms. The van der Waals surface area contributed by atoms with Gasteiger partial charge in [0.15, 0.2) is 10.9 Å². The molecule has 0 saturated carbocycles. The first-order valence-corrected chi connectivity index (χ1v) is 11.5. The van der Waals surface area contributed by atoms with Crippen LogP contribution in [-0.4, -0.2) is 18.2 Å². The monoisotopic (exact) mass is 474 g/mol. The summed E-state index contributed by atoms with van der Waals surface area (Å²) in [5.74, 6) is 0.947. The first-order valence-electron chi connectivity index (χ1n) is 10.3. The number of carbonyl (C=O) groups excluding carboxylic acids is 1. The van der Waals surface area contributed by atoms with Gasteiger partial charge in [-0.1, -0.05) is 60.7 Å². The molecule has 0 unspecified atom stereocenters. The Morgan fingerprint density at radius 3 is 2.30 bits per heavy atom. The Kier molecular flexibility index (Phi) is 7.34. The van der Waals surface area contributed by atoms with Gasteiger partial charge in [-0.05, 0) is 48.1 Å². The Balaban J connectivity index is 1.51. The van der Waals surface area contributed by atoms with E-state index in [9.17, 15) is 4.79 Å². The van der Waals surface area contributed by atoms with E-state index in [1.807, 2.05) is 78.9 Å². The van der Waals surface area contributed by atoms with Gasteiger partial charge in [0, 0.05) is 11.3 Å². The minimum atomic E-state index is -0.413. The molecule has 1 aromatic heterocycles. The highest BCUT2D eigenvalue weighted by Crippen LogP contribution is 2.32. The molecule has 7 heteroatoms. The van der Waals surface area contributed by atoms with Crippen LogP contribution in [-0.2, 0) is 11.2 Å². The summed E-state index contributed by atoms with van der Waals surface area (Å²) in [4.78, 5) is 13.4. The second-order valence-corrected chi connectivity index (χ2v) is 8.64. The van der Waals surface area contributed by atoms with Crippen LogP contribution in [0.1, 0.15) is 20.8 Å². The van der Waals surface area contributed by atoms with Gasteiger partial charge in [-0.2, -0.15) is 0 Å². The lowest BCUT2D eigenvalue weighted by Crippen LogP contribution is -2.20. The number of esters is 1. The summed E-state index contributed by atoms with van der Waals surface area (Å²) in [5, 5.41) is 7.30. The lowest BCUT2D eigenvalue weighted by atomic mass is 10.1. The molecule has 166 valence electrons. The fourth-order valence-corrected chi connectivity index (χ4v) is 4.57. The third kappa shape index (κ3) is 5.97. The van der Waals surface area contributed by atoms with Crippen LogP contribution in [0.15, 0.2) is 91.0 Å². The van der Waals surface area contributed by atoms with Gasteiger partial charge in [-0.25, -0.2) is 4.79 Å². The van der Waals surface area contributed by atoms with Crippen molar-refractivity contribution in [3.05, 3.63) is 107 Å². The number of para-hydroxylation sites is 3. The molecule has 0 amide bonds. The third-order valence-electron chi connectivity index (χ3n) is 4.74. The third-order valence-corrected chi connectivity index (χ3v) is 6.00. The predicted molar refractivity (Wildman–Crippen MR) is 138 cm³/mol. The molecule has 5 nitrogen and oxygen atoms in total. The maximum atomic E-state index is 12.4. The maximum absolute atomic E-state index is 12.4. The molecular formula is C26H22N2O3S2. The number of carbonyl (C=O) groups is 1. The maximum Gasteiger partial charge on any atom is 0.340 e. The number of methoxy groups -OCH3 is 1. The summed E-state index contributed by atoms with van der Waals surface area (Å²) in [5.41, 5.74) is 2.32. The molecule has 4 rings (SSSR count). The molecule has 0 fully saturated rings. The topological polar surface area (TPSA) is 59.6 Å². The molecule has 0 atom stereocenters. The zero-order valence-electron chi connectivity index (χ0n) is 17.9. The highest BCUT2D eigenvalue weighted by Gasteiger charge is 2.18. The highest BCUT2D eigenvalue weighted by atomic mass is 32.1. The smallest absolute Gasteiger partial charge is 0.340 e. The fourth-order valence-electron chi connectivity index (χ4n) is 3.21. The number of hydrogen-bond acceptors (Lipinski definition) is 5. The van der Waals surface area contributed by atoms with Crippen LogP contribution in [0.4, 0.5) is 10.7 Å². The van der Waals surface area contributed by atoms with Gasteiger partial charge in [-0.3, -0.25) is 0 Å². The fraction of sp³-hybridized carbons (Fsp3) is 0.0769. The van der Waals surface area contributed by atoms with Crippen LogP contribution >= 0.6 is 23.6 Å². The highest BCUT2D eigenvalue weighted by molar-refractivity contribution is 7.80. The summed E-state index contributed by atoms with van der Waals surface area (Å²) in [6.07, 6.45) is 0.713. The van der Waals surface area contributed by atoms with Gasteiger partial charge in [-0.15, -0.1) is 11.3 Å². The normalized spacial score (nSPS) is 10.3. The summed E-state index contributed by atoms with van der Waals surface area (Å²) in [7, 11) is 1.37. The van der Waals surface area contributed by atoms with Crippen LogP contribution < -0.4 is 15.4 Å². The summed E-state index contributed by atoms with van der Waals surface area (Å²) >= 11 is 7.01. The Morgan fingerprint density at radius 2 is 1.58 bits per heavy atom. The molecule has 0 aliphatic carbocycles. The standard InChI is InChI=1S/C26H22N2O3S2/c1-30-25(29)21-17-20(16-18-10-4-2-5-11-18)33-24(21)28-26(32)27-22-14-8-9-15-23(22)31-19-12-6-3-7-13-19/h2-15,17H,16H2,1H3,(H2,27,28,32). The lowest BCUT2D eigenvalue weighted by molar-refractivity contribution is 0.0602. The van der Waals surface area contributed by atoms with E-state index in [0.717, 1.165) is 16.2 Å². The van der Waals surface area contributed by atoms with Crippen molar-refractivity contribution in [1.82, 2.24) is 0 Å². The van der Waals surface area contributed by atoms with Gasteiger partial charge in [0.05, 0.1) is 18.4 Å². The molecule has 33 heavy (non-hydrogen) atoms. The number of ether oxygens (including phenoxy) is 2. The molecule has 3 aromatic carbocycles. The zero-order chi connectivity index (χ0) is 23.0. The molecule has 0 radical (unpaired) electrons. The van der Waals surface area contributed by atoms with E-state index in [0.29, 0.717) is 33.5 Å². The number of benzene rings is 3. The van der Waals surface area contributed by atoms with Crippen molar-refractivity contribution in [2.75, 3.05) is 17.7 Å². The number of rotatable bonds is 7. The molecular weight excluding hydrogens is 452 g/mol. The van der Waals surface area contributed by atoms with Crippen molar-refractivity contribution in [3.63, 3.8) is 0 Å². The van der Waals surface area contributed by atoms with Crippen molar-refractivity contribution in [3.8, 4) is 11.5 Å². The average Bonchev–Trinajstić information content (AvgIpc) is 3.23. The van der Waals surface area contributed by atoms with Gasteiger partial charge >= 0.3 is 5.97 Å². The summed E-state index contributed by atoms with van der Waals surface area (Å²) < 4.78 is 11.0. The summed E-state index contributed by atoms with van der Waals surface area (Å²) in [6, 6.07) is 29.0. The first-order chi connectivity index (χ1) is 16.1. The van der Waals surface area contributed by atoms with Crippen molar-refractivity contribution in [2.24, 2.45) is 0 Å². The predicted octanol–water partition coefficient (Wildman–Crippen LogP) is 6.73. The van der Waals surface area contributed by atoms with E-state index in [4.69, 9.17) is 21.7 Å². The van der Waals surface area contributed by atoms with Crippen LogP contribution in [0.3, 0.4) is 0 Å². The molecule has 1 heterocycles. The molecule has 0 saturated heterocycles. The Hall–Kier alpha value is -3.68. The van der Waals surface area contributed by atoms with Gasteiger partial charge < -0.3 is 20.1 Å². The Morgan fingerprint density at radius 1 is 0.909 bits per heavy atom. The van der Waals surface area contributed by atoms with E-state index < -0.39 is 5.97 Å². The Labute approximate surface area is 202 Å². The SMILES string of the molecule is COC(=O)c1cc(Cc2ccccc2)sc1NC(=S)Nc1ccccc1Oc1ccccc1. The van der Waals surface area contributed by atoms with Crippen molar-refractivity contribution >= 4 is 45.3 Å². The minimum Gasteiger partial charge on any atom is -0.465 e. The second-order valence-electron chi connectivity index (χ2n) is 7.10. The zero-order valence-corrected chi connectivity index (χ0v) is 19.5. The molecule has 4 aromatic rings. The van der Waals surface area contributed by atoms with Crippen molar-refractivity contribution in [2.45, 2.75) is 6.42 Å². The first kappa shape index (κ1) is 22.5. The van der Waals surface area contributed by atoms with E-state index in [1.165, 1.54) is 18.4 Å². The Bertz CT molecular complexity index is 1240. The minimum absolute atomic E-state index is 0.345. The van der Waals surface area contributed by atoms with Crippen LogP contribution in [0.25, 0.3) is 0 Å². The van der Waals surface area contributed by atoms with Gasteiger partial charge in [0.1, 0.15) is 10.8 Å². The quantitative estimate of drug-likeness (QED) is 0.229. The van der Waals surface area contributed by atoms with Crippen molar-refractivity contribution < 1.29 is 14.3 Å². The molecule has 0 aliphatic rings. The number of anilines is 2. The van der Waals surface area contributed by atoms with E-state index >= 15 is 0 Å². The number of thiocarbonyl (C=S) groups is 1. The van der Waals surface area contributed by atoms with Crippen LogP contribution in [0.2, 0.25) is 0 Å². The molecule has 0 spiro atoms. The average molecular weight is 475 g/mol. The number of thiophene rings is 1. The van der Waals surface area contributed by atoms with Gasteiger partial charge in [0.25, 0.3) is 0 Å². The largest absolute Gasteiger partial charge is 0.465 e. The van der Waals surface area contributed by atoms with Gasteiger partial charge in [0.2, 0.25) is 0 Å². The van der Waals surface area contributed by atoms with Crippen LogP contribution in [0.5, 0.6) is 11.5 Å². The molecule has 2 N–H and O–H groups in total. The van der Waals surface area contributed by atoms with E-state index in [-0.39, 0.29) is 0 Å². The number of hydrogen-bond donors (Lipinski definition) is 2. The molecule has 0 aliphatic heterocycles. The lowest BCUT2D eigenvalue weighted by Gasteiger charge is -2.14. The summed E-state index contributed by atoms with van der Waals surface area (Å²) in [6.45, 7) is 0. The van der Waals surface area contributed by atoms with Crippen LogP contribution in [0, 0.1) is 0 Å².